The summed E-state index contributed by atoms with van der Waals surface area (Å²) >= 11 is 0. The zero-order valence-corrected chi connectivity index (χ0v) is 19.1. The van der Waals surface area contributed by atoms with E-state index in [4.69, 9.17) is 4.74 Å². The third kappa shape index (κ3) is 4.27. The van der Waals surface area contributed by atoms with Crippen LogP contribution < -0.4 is 5.32 Å². The smallest absolute Gasteiger partial charge is 0.407 e. The molecule has 0 radical (unpaired) electrons. The van der Waals surface area contributed by atoms with E-state index in [1.54, 1.807) is 0 Å². The summed E-state index contributed by atoms with van der Waals surface area (Å²) in [4.78, 5) is 38.7. The Bertz CT molecular complexity index is 1050. The van der Waals surface area contributed by atoms with E-state index in [1.165, 1.54) is 16.0 Å². The lowest BCUT2D eigenvalue weighted by atomic mass is 9.98. The highest BCUT2D eigenvalue weighted by Gasteiger charge is 2.39. The van der Waals surface area contributed by atoms with Gasteiger partial charge in [0.2, 0.25) is 5.91 Å². The van der Waals surface area contributed by atoms with E-state index in [0.717, 1.165) is 24.0 Å². The van der Waals surface area contributed by atoms with Crippen LogP contribution in [0.3, 0.4) is 0 Å². The first kappa shape index (κ1) is 22.4. The first-order chi connectivity index (χ1) is 16.5. The number of amides is 2. The molecule has 2 aromatic rings. The molecule has 0 bridgehead atoms. The van der Waals surface area contributed by atoms with Crippen molar-refractivity contribution in [3.63, 3.8) is 0 Å². The Morgan fingerprint density at radius 3 is 2.29 bits per heavy atom. The standard InChI is InChI=1S/C27H30N2O5/c30-25(29-14-6-5-11-24(29)26(31)32)17-12-13-18(15-17)28-27(33)34-16-23-21-9-3-1-7-19(21)20-8-2-4-10-22(20)23/h1-4,7-10,17-18,23-24H,5-6,11-16H2,(H,28,33)(H,31,32). The summed E-state index contributed by atoms with van der Waals surface area (Å²) in [7, 11) is 0. The first-order valence-corrected chi connectivity index (χ1v) is 12.2. The average molecular weight is 463 g/mol. The van der Waals surface area contributed by atoms with E-state index in [0.29, 0.717) is 32.2 Å². The lowest BCUT2D eigenvalue weighted by molar-refractivity contribution is -0.153. The number of ether oxygens (including phenoxy) is 1. The molecule has 0 spiro atoms. The number of aliphatic carboxylic acids is 1. The molecule has 3 atom stereocenters. The molecule has 2 fully saturated rings. The van der Waals surface area contributed by atoms with Crippen LogP contribution in [0.2, 0.25) is 0 Å². The van der Waals surface area contributed by atoms with Crippen molar-refractivity contribution in [3.05, 3.63) is 59.7 Å². The predicted molar refractivity (Wildman–Crippen MR) is 126 cm³/mol. The van der Waals surface area contributed by atoms with Crippen LogP contribution in [-0.4, -0.2) is 53.2 Å². The van der Waals surface area contributed by atoms with Crippen molar-refractivity contribution in [1.82, 2.24) is 10.2 Å². The van der Waals surface area contributed by atoms with Crippen LogP contribution in [0.25, 0.3) is 11.1 Å². The van der Waals surface area contributed by atoms with Gasteiger partial charge in [0.15, 0.2) is 0 Å². The van der Waals surface area contributed by atoms with Gasteiger partial charge in [-0.2, -0.15) is 0 Å². The fourth-order valence-corrected chi connectivity index (χ4v) is 5.83. The summed E-state index contributed by atoms with van der Waals surface area (Å²) in [5.41, 5.74) is 4.69. The Kier molecular flexibility index (Phi) is 6.26. The van der Waals surface area contributed by atoms with Crippen molar-refractivity contribution in [1.29, 1.82) is 0 Å². The van der Waals surface area contributed by atoms with Gasteiger partial charge >= 0.3 is 12.1 Å². The molecular weight excluding hydrogens is 432 g/mol. The zero-order valence-electron chi connectivity index (χ0n) is 19.1. The Balaban J connectivity index is 1.16. The summed E-state index contributed by atoms with van der Waals surface area (Å²) in [6.45, 7) is 0.750. The van der Waals surface area contributed by atoms with Crippen LogP contribution in [0, 0.1) is 5.92 Å². The SMILES string of the molecule is O=C(NC1CCC(C(=O)N2CCCCC2C(=O)O)C1)OCC1c2ccccc2-c2ccccc21. The third-order valence-corrected chi connectivity index (χ3v) is 7.52. The largest absolute Gasteiger partial charge is 0.480 e. The van der Waals surface area contributed by atoms with Crippen molar-refractivity contribution in [2.45, 2.75) is 56.5 Å². The molecule has 2 amide bonds. The van der Waals surface area contributed by atoms with E-state index < -0.39 is 18.1 Å². The zero-order chi connectivity index (χ0) is 23.7. The number of benzene rings is 2. The summed E-state index contributed by atoms with van der Waals surface area (Å²) in [6.07, 6.45) is 3.56. The highest BCUT2D eigenvalue weighted by atomic mass is 16.5. The fourth-order valence-electron chi connectivity index (χ4n) is 5.83. The Morgan fingerprint density at radius 1 is 0.941 bits per heavy atom. The molecule has 7 heteroatoms. The monoisotopic (exact) mass is 462 g/mol. The number of hydrogen-bond acceptors (Lipinski definition) is 4. The van der Waals surface area contributed by atoms with E-state index >= 15 is 0 Å². The minimum absolute atomic E-state index is 0.00288. The number of hydrogen-bond donors (Lipinski definition) is 2. The summed E-state index contributed by atoms with van der Waals surface area (Å²) in [6, 6.07) is 15.5. The molecule has 1 aliphatic heterocycles. The van der Waals surface area contributed by atoms with Crippen molar-refractivity contribution in [2.75, 3.05) is 13.2 Å². The number of carbonyl (C=O) groups excluding carboxylic acids is 2. The molecule has 2 N–H and O–H groups in total. The maximum absolute atomic E-state index is 13.0. The Labute approximate surface area is 199 Å². The molecule has 1 saturated heterocycles. The molecule has 1 saturated carbocycles. The second-order valence-electron chi connectivity index (χ2n) is 9.56. The van der Waals surface area contributed by atoms with Crippen molar-refractivity contribution in [3.8, 4) is 11.1 Å². The van der Waals surface area contributed by atoms with Crippen molar-refractivity contribution < 1.29 is 24.2 Å². The number of carboxylic acid groups (broad SMARTS) is 1. The molecule has 7 nitrogen and oxygen atoms in total. The quantitative estimate of drug-likeness (QED) is 0.696. The summed E-state index contributed by atoms with van der Waals surface area (Å²) < 4.78 is 5.64. The molecule has 3 aliphatic rings. The maximum atomic E-state index is 13.0. The van der Waals surface area contributed by atoms with Gasteiger partial charge in [0.05, 0.1) is 0 Å². The van der Waals surface area contributed by atoms with E-state index in [9.17, 15) is 19.5 Å². The normalized spacial score (nSPS) is 23.8. The molecule has 0 aromatic heterocycles. The highest BCUT2D eigenvalue weighted by Crippen LogP contribution is 2.44. The molecule has 2 aromatic carbocycles. The number of fused-ring (bicyclic) bond motifs is 3. The van der Waals surface area contributed by atoms with Gasteiger partial charge < -0.3 is 20.1 Å². The van der Waals surface area contributed by atoms with Crippen LogP contribution in [0.1, 0.15) is 55.6 Å². The van der Waals surface area contributed by atoms with Gasteiger partial charge in [-0.15, -0.1) is 0 Å². The molecule has 3 unspecified atom stereocenters. The number of carbonyl (C=O) groups is 3. The minimum atomic E-state index is -0.931. The van der Waals surface area contributed by atoms with Gasteiger partial charge in [0.25, 0.3) is 0 Å². The van der Waals surface area contributed by atoms with E-state index in [-0.39, 0.29) is 30.4 Å². The van der Waals surface area contributed by atoms with Gasteiger partial charge in [-0.05, 0) is 60.8 Å². The van der Waals surface area contributed by atoms with Gasteiger partial charge in [-0.25, -0.2) is 9.59 Å². The Morgan fingerprint density at radius 2 is 1.62 bits per heavy atom. The number of nitrogens with zero attached hydrogens (tertiary/aromatic N) is 1. The number of piperidine rings is 1. The second kappa shape index (κ2) is 9.49. The van der Waals surface area contributed by atoms with Crippen LogP contribution >= 0.6 is 0 Å². The predicted octanol–water partition coefficient (Wildman–Crippen LogP) is 4.16. The van der Waals surface area contributed by atoms with Gasteiger partial charge in [-0.3, -0.25) is 4.79 Å². The number of likely N-dealkylation sites (tertiary alicyclic amines) is 1. The topological polar surface area (TPSA) is 95.9 Å². The molecule has 2 aliphatic carbocycles. The van der Waals surface area contributed by atoms with Gasteiger partial charge in [-0.1, -0.05) is 48.5 Å². The fraction of sp³-hybridized carbons (Fsp3) is 0.444. The number of nitrogens with one attached hydrogen (secondary N) is 1. The lowest BCUT2D eigenvalue weighted by Gasteiger charge is -2.34. The van der Waals surface area contributed by atoms with Crippen LogP contribution in [0.5, 0.6) is 0 Å². The number of carboxylic acids is 1. The van der Waals surface area contributed by atoms with Crippen molar-refractivity contribution >= 4 is 18.0 Å². The lowest BCUT2D eigenvalue weighted by Crippen LogP contribution is -2.50. The molecule has 34 heavy (non-hydrogen) atoms. The van der Waals surface area contributed by atoms with Crippen molar-refractivity contribution in [2.24, 2.45) is 5.92 Å². The number of alkyl carbamates (subject to hydrolysis) is 1. The molecule has 5 rings (SSSR count). The van der Waals surface area contributed by atoms with Crippen LogP contribution in [-0.2, 0) is 14.3 Å². The third-order valence-electron chi connectivity index (χ3n) is 7.52. The second-order valence-corrected chi connectivity index (χ2v) is 9.56. The molecular formula is C27H30N2O5. The van der Waals surface area contributed by atoms with Gasteiger partial charge in [0, 0.05) is 24.4 Å². The highest BCUT2D eigenvalue weighted by molar-refractivity contribution is 5.85. The summed E-state index contributed by atoms with van der Waals surface area (Å²) in [5, 5.41) is 12.4. The van der Waals surface area contributed by atoms with Crippen LogP contribution in [0.15, 0.2) is 48.5 Å². The maximum Gasteiger partial charge on any atom is 0.407 e. The van der Waals surface area contributed by atoms with E-state index in [1.807, 2.05) is 24.3 Å². The average Bonchev–Trinajstić information content (AvgIpc) is 3.45. The first-order valence-electron chi connectivity index (χ1n) is 12.2. The molecule has 178 valence electrons. The number of rotatable bonds is 5. The molecule has 1 heterocycles. The summed E-state index contributed by atoms with van der Waals surface area (Å²) in [5.74, 6) is -1.27. The van der Waals surface area contributed by atoms with Gasteiger partial charge in [0.1, 0.15) is 12.6 Å². The van der Waals surface area contributed by atoms with Crippen LogP contribution in [0.4, 0.5) is 4.79 Å². The Hall–Kier alpha value is -3.35. The minimum Gasteiger partial charge on any atom is -0.480 e. The van der Waals surface area contributed by atoms with E-state index in [2.05, 4.69) is 29.6 Å².